The molecule has 0 radical (unpaired) electrons. The minimum absolute atomic E-state index is 0.212. The molecule has 1 fully saturated rings. The fourth-order valence-electron chi connectivity index (χ4n) is 3.07. The maximum absolute atomic E-state index is 11.4. The zero-order valence-corrected chi connectivity index (χ0v) is 12.2. The van der Waals surface area contributed by atoms with Gasteiger partial charge in [-0.2, -0.15) is 0 Å². The van der Waals surface area contributed by atoms with Crippen molar-refractivity contribution in [1.82, 2.24) is 0 Å². The molecule has 0 bridgehead atoms. The maximum atomic E-state index is 11.4. The van der Waals surface area contributed by atoms with Crippen molar-refractivity contribution in [2.45, 2.75) is 38.6 Å². The van der Waals surface area contributed by atoms with Crippen LogP contribution in [0.1, 0.15) is 43.0 Å². The molecule has 2 unspecified atom stereocenters. The maximum Gasteiger partial charge on any atom is 0.339 e. The van der Waals surface area contributed by atoms with Gasteiger partial charge in [0.2, 0.25) is 0 Å². The Hall–Kier alpha value is -1.22. The van der Waals surface area contributed by atoms with Crippen molar-refractivity contribution in [2.24, 2.45) is 5.92 Å². The van der Waals surface area contributed by atoms with Crippen LogP contribution in [0.25, 0.3) is 0 Å². The first-order chi connectivity index (χ1) is 9.02. The number of hydrogen-bond donors (Lipinski definition) is 1. The average Bonchev–Trinajstić information content (AvgIpc) is 2.37. The zero-order chi connectivity index (χ0) is 14.0. The highest BCUT2D eigenvalue weighted by atomic mass is 35.5. The first kappa shape index (κ1) is 14.2. The van der Waals surface area contributed by atoms with Crippen molar-refractivity contribution in [1.29, 1.82) is 0 Å². The van der Waals surface area contributed by atoms with E-state index in [4.69, 9.17) is 11.6 Å². The summed E-state index contributed by atoms with van der Waals surface area (Å²) in [6.07, 6.45) is 4.80. The SMILES string of the molecule is CC1CCCCC1N(C)c1cccc(Cl)c1C(=O)O. The third-order valence-electron chi connectivity index (χ3n) is 4.15. The Kier molecular flexibility index (Phi) is 4.35. The van der Waals surface area contributed by atoms with Crippen molar-refractivity contribution >= 4 is 23.3 Å². The predicted octanol–water partition coefficient (Wildman–Crippen LogP) is 4.05. The third kappa shape index (κ3) is 2.86. The topological polar surface area (TPSA) is 40.5 Å². The largest absolute Gasteiger partial charge is 0.478 e. The number of rotatable bonds is 3. The summed E-state index contributed by atoms with van der Waals surface area (Å²) in [6, 6.07) is 5.68. The van der Waals surface area contributed by atoms with Crippen molar-refractivity contribution < 1.29 is 9.90 Å². The first-order valence-electron chi connectivity index (χ1n) is 6.77. The Morgan fingerprint density at radius 1 is 1.37 bits per heavy atom. The molecule has 0 amide bonds. The van der Waals surface area contributed by atoms with E-state index in [2.05, 4.69) is 11.8 Å². The van der Waals surface area contributed by atoms with Crippen molar-refractivity contribution in [3.8, 4) is 0 Å². The molecule has 0 aromatic heterocycles. The van der Waals surface area contributed by atoms with Gasteiger partial charge in [-0.3, -0.25) is 0 Å². The lowest BCUT2D eigenvalue weighted by Crippen LogP contribution is -2.39. The molecule has 3 nitrogen and oxygen atoms in total. The monoisotopic (exact) mass is 281 g/mol. The van der Waals surface area contributed by atoms with Crippen LogP contribution in [-0.4, -0.2) is 24.2 Å². The predicted molar refractivity (Wildman–Crippen MR) is 78.2 cm³/mol. The van der Waals surface area contributed by atoms with E-state index in [9.17, 15) is 9.90 Å². The molecule has 0 saturated heterocycles. The van der Waals surface area contributed by atoms with Gasteiger partial charge in [0.05, 0.1) is 10.7 Å². The quantitative estimate of drug-likeness (QED) is 0.908. The van der Waals surface area contributed by atoms with E-state index in [-0.39, 0.29) is 5.56 Å². The van der Waals surface area contributed by atoms with E-state index in [0.29, 0.717) is 17.0 Å². The van der Waals surface area contributed by atoms with E-state index in [1.807, 2.05) is 19.2 Å². The van der Waals surface area contributed by atoms with Crippen LogP contribution in [0.15, 0.2) is 18.2 Å². The van der Waals surface area contributed by atoms with Gasteiger partial charge in [0, 0.05) is 13.1 Å². The molecule has 4 heteroatoms. The Balaban J connectivity index is 2.35. The number of aromatic carboxylic acids is 1. The van der Waals surface area contributed by atoms with E-state index in [1.54, 1.807) is 6.07 Å². The molecule has 1 saturated carbocycles. The highest BCUT2D eigenvalue weighted by molar-refractivity contribution is 6.34. The van der Waals surface area contributed by atoms with Gasteiger partial charge in [0.1, 0.15) is 5.56 Å². The summed E-state index contributed by atoms with van der Waals surface area (Å²) in [6.45, 7) is 2.24. The molecular formula is C15H20ClNO2. The van der Waals surface area contributed by atoms with Crippen LogP contribution in [0.4, 0.5) is 5.69 Å². The Morgan fingerprint density at radius 3 is 2.68 bits per heavy atom. The number of anilines is 1. The van der Waals surface area contributed by atoms with Gasteiger partial charge >= 0.3 is 5.97 Å². The van der Waals surface area contributed by atoms with E-state index in [1.165, 1.54) is 19.3 Å². The first-order valence-corrected chi connectivity index (χ1v) is 7.14. The Bertz CT molecular complexity index is 475. The van der Waals surface area contributed by atoms with E-state index < -0.39 is 5.97 Å². The number of halogens is 1. The number of carboxylic acids is 1. The molecule has 0 aliphatic heterocycles. The lowest BCUT2D eigenvalue weighted by molar-refractivity contribution is 0.0697. The summed E-state index contributed by atoms with van der Waals surface area (Å²) in [7, 11) is 1.98. The van der Waals surface area contributed by atoms with Crippen LogP contribution in [0.2, 0.25) is 5.02 Å². The van der Waals surface area contributed by atoms with Crippen molar-refractivity contribution in [2.75, 3.05) is 11.9 Å². The molecule has 1 aliphatic rings. The highest BCUT2D eigenvalue weighted by Crippen LogP contribution is 2.34. The van der Waals surface area contributed by atoms with Gasteiger partial charge in [0.25, 0.3) is 0 Å². The number of hydrogen-bond acceptors (Lipinski definition) is 2. The standard InChI is InChI=1S/C15H20ClNO2/c1-10-6-3-4-8-12(10)17(2)13-9-5-7-11(16)14(13)15(18)19/h5,7,9-10,12H,3-4,6,8H2,1-2H3,(H,18,19). The van der Waals surface area contributed by atoms with Crippen LogP contribution in [0, 0.1) is 5.92 Å². The Labute approximate surface area is 119 Å². The second-order valence-corrected chi connectivity index (χ2v) is 5.79. The smallest absolute Gasteiger partial charge is 0.339 e. The number of benzene rings is 1. The minimum atomic E-state index is -0.962. The van der Waals surface area contributed by atoms with Gasteiger partial charge in [0.15, 0.2) is 0 Å². The number of carbonyl (C=O) groups is 1. The second-order valence-electron chi connectivity index (χ2n) is 5.38. The van der Waals surface area contributed by atoms with Gasteiger partial charge in [-0.05, 0) is 30.9 Å². The normalized spacial score (nSPS) is 23.1. The van der Waals surface area contributed by atoms with Gasteiger partial charge in [-0.1, -0.05) is 37.4 Å². The zero-order valence-electron chi connectivity index (χ0n) is 11.4. The summed E-state index contributed by atoms with van der Waals surface area (Å²) in [5.41, 5.74) is 0.934. The van der Waals surface area contributed by atoms with E-state index >= 15 is 0 Å². The third-order valence-corrected chi connectivity index (χ3v) is 4.46. The summed E-state index contributed by atoms with van der Waals surface area (Å²) >= 11 is 6.04. The second kappa shape index (κ2) is 5.83. The molecule has 2 atom stereocenters. The molecule has 104 valence electrons. The Morgan fingerprint density at radius 2 is 2.05 bits per heavy atom. The molecule has 1 aliphatic carbocycles. The molecule has 2 rings (SSSR count). The van der Waals surface area contributed by atoms with Gasteiger partial charge in [-0.25, -0.2) is 4.79 Å². The summed E-state index contributed by atoms with van der Waals surface area (Å²) in [4.78, 5) is 13.5. The van der Waals surface area contributed by atoms with Crippen LogP contribution in [0.3, 0.4) is 0 Å². The van der Waals surface area contributed by atoms with Gasteiger partial charge < -0.3 is 10.0 Å². The fraction of sp³-hybridized carbons (Fsp3) is 0.533. The molecule has 0 heterocycles. The number of carboxylic acid groups (broad SMARTS) is 1. The summed E-state index contributed by atoms with van der Waals surface area (Å²) in [5, 5.41) is 9.65. The molecule has 1 N–H and O–H groups in total. The summed E-state index contributed by atoms with van der Waals surface area (Å²) < 4.78 is 0. The van der Waals surface area contributed by atoms with E-state index in [0.717, 1.165) is 12.1 Å². The van der Waals surface area contributed by atoms with Gasteiger partial charge in [-0.15, -0.1) is 0 Å². The van der Waals surface area contributed by atoms with Crippen LogP contribution < -0.4 is 4.90 Å². The molecular weight excluding hydrogens is 262 g/mol. The lowest BCUT2D eigenvalue weighted by Gasteiger charge is -2.38. The van der Waals surface area contributed by atoms with Crippen molar-refractivity contribution in [3.63, 3.8) is 0 Å². The molecule has 19 heavy (non-hydrogen) atoms. The summed E-state index contributed by atoms with van der Waals surface area (Å²) in [5.74, 6) is -0.379. The molecule has 1 aromatic carbocycles. The van der Waals surface area contributed by atoms with Crippen LogP contribution in [0.5, 0.6) is 0 Å². The highest BCUT2D eigenvalue weighted by Gasteiger charge is 2.28. The van der Waals surface area contributed by atoms with Crippen LogP contribution >= 0.6 is 11.6 Å². The lowest BCUT2D eigenvalue weighted by atomic mass is 9.84. The van der Waals surface area contributed by atoms with Crippen LogP contribution in [-0.2, 0) is 0 Å². The average molecular weight is 282 g/mol. The minimum Gasteiger partial charge on any atom is -0.478 e. The molecule has 1 aromatic rings. The number of nitrogens with zero attached hydrogens (tertiary/aromatic N) is 1. The van der Waals surface area contributed by atoms with Crippen molar-refractivity contribution in [3.05, 3.63) is 28.8 Å². The molecule has 0 spiro atoms. The fourth-order valence-corrected chi connectivity index (χ4v) is 3.32.